The molecule has 0 aliphatic carbocycles. The average molecular weight is 319 g/mol. The number of rotatable bonds is 6. The quantitative estimate of drug-likeness (QED) is 0.585. The summed E-state index contributed by atoms with van der Waals surface area (Å²) in [6, 6.07) is 10.0. The molecule has 2 rings (SSSR count). The van der Waals surface area contributed by atoms with Crippen LogP contribution in [0.4, 0.5) is 5.69 Å². The summed E-state index contributed by atoms with van der Waals surface area (Å²) in [6.07, 6.45) is 12.9. The molecular formula is C21H25N3. The molecule has 1 aliphatic rings. The summed E-state index contributed by atoms with van der Waals surface area (Å²) < 4.78 is 0. The fraction of sp³-hybridized carbons (Fsp3) is 0.238. The van der Waals surface area contributed by atoms with Gasteiger partial charge in [-0.2, -0.15) is 0 Å². The number of anilines is 1. The SMILES string of the molecule is C=NC1=CCCN(c2ccccc2)C1C(=N)/C=C(C)/C=C\C=C/C. The van der Waals surface area contributed by atoms with E-state index in [1.54, 1.807) is 0 Å². The van der Waals surface area contributed by atoms with Gasteiger partial charge in [-0.05, 0) is 50.8 Å². The highest BCUT2D eigenvalue weighted by atomic mass is 15.2. The van der Waals surface area contributed by atoms with Crippen molar-refractivity contribution in [1.29, 1.82) is 5.41 Å². The molecule has 0 saturated carbocycles. The first-order valence-corrected chi connectivity index (χ1v) is 8.22. The molecule has 1 unspecified atom stereocenters. The van der Waals surface area contributed by atoms with Crippen molar-refractivity contribution in [1.82, 2.24) is 0 Å². The van der Waals surface area contributed by atoms with Crippen LogP contribution in [-0.4, -0.2) is 25.0 Å². The molecule has 3 heteroatoms. The Morgan fingerprint density at radius 3 is 2.71 bits per heavy atom. The summed E-state index contributed by atoms with van der Waals surface area (Å²) in [4.78, 5) is 6.41. The zero-order valence-corrected chi connectivity index (χ0v) is 14.4. The van der Waals surface area contributed by atoms with Crippen molar-refractivity contribution in [3.63, 3.8) is 0 Å². The highest BCUT2D eigenvalue weighted by Gasteiger charge is 2.28. The van der Waals surface area contributed by atoms with Crippen LogP contribution in [0.5, 0.6) is 0 Å². The Morgan fingerprint density at radius 2 is 2.04 bits per heavy atom. The maximum atomic E-state index is 8.61. The van der Waals surface area contributed by atoms with E-state index >= 15 is 0 Å². The second kappa shape index (κ2) is 8.82. The molecule has 0 amide bonds. The maximum Gasteiger partial charge on any atom is 0.113 e. The molecule has 1 aliphatic heterocycles. The second-order valence-corrected chi connectivity index (χ2v) is 5.74. The molecule has 1 aromatic carbocycles. The van der Waals surface area contributed by atoms with Gasteiger partial charge in [0.05, 0.1) is 11.4 Å². The van der Waals surface area contributed by atoms with Crippen molar-refractivity contribution >= 4 is 18.1 Å². The molecule has 3 nitrogen and oxygen atoms in total. The van der Waals surface area contributed by atoms with Gasteiger partial charge in [0, 0.05) is 12.2 Å². The van der Waals surface area contributed by atoms with Gasteiger partial charge in [-0.3, -0.25) is 4.99 Å². The number of allylic oxidation sites excluding steroid dienone is 5. The summed E-state index contributed by atoms with van der Waals surface area (Å²) in [5.74, 6) is 0. The minimum atomic E-state index is -0.191. The molecule has 0 aromatic heterocycles. The molecule has 24 heavy (non-hydrogen) atoms. The number of nitrogens with one attached hydrogen (secondary N) is 1. The minimum Gasteiger partial charge on any atom is -0.357 e. The molecule has 0 radical (unpaired) electrons. The number of hydrogen-bond donors (Lipinski definition) is 1. The Balaban J connectivity index is 2.31. The van der Waals surface area contributed by atoms with E-state index in [0.717, 1.165) is 29.9 Å². The number of benzene rings is 1. The average Bonchev–Trinajstić information content (AvgIpc) is 2.61. The third-order valence-electron chi connectivity index (χ3n) is 3.93. The predicted octanol–water partition coefficient (Wildman–Crippen LogP) is 4.95. The Morgan fingerprint density at radius 1 is 1.29 bits per heavy atom. The van der Waals surface area contributed by atoms with E-state index in [9.17, 15) is 0 Å². The van der Waals surface area contributed by atoms with Gasteiger partial charge in [-0.25, -0.2) is 0 Å². The van der Waals surface area contributed by atoms with Gasteiger partial charge >= 0.3 is 0 Å². The van der Waals surface area contributed by atoms with E-state index in [0.29, 0.717) is 5.71 Å². The van der Waals surface area contributed by atoms with Crippen molar-refractivity contribution in [3.8, 4) is 0 Å². The van der Waals surface area contributed by atoms with Crippen molar-refractivity contribution in [2.45, 2.75) is 26.3 Å². The number of nitrogens with zero attached hydrogens (tertiary/aromatic N) is 2. The lowest BCUT2D eigenvalue weighted by Gasteiger charge is -2.36. The minimum absolute atomic E-state index is 0.191. The van der Waals surface area contributed by atoms with Crippen LogP contribution >= 0.6 is 0 Å². The lowest BCUT2D eigenvalue weighted by Crippen LogP contribution is -2.44. The fourth-order valence-electron chi connectivity index (χ4n) is 2.82. The van der Waals surface area contributed by atoms with Gasteiger partial charge in [0.15, 0.2) is 0 Å². The first kappa shape index (κ1) is 17.7. The number of hydrogen-bond acceptors (Lipinski definition) is 3. The lowest BCUT2D eigenvalue weighted by molar-refractivity contribution is 0.727. The van der Waals surface area contributed by atoms with Gasteiger partial charge < -0.3 is 10.3 Å². The Bertz CT molecular complexity index is 693. The van der Waals surface area contributed by atoms with Gasteiger partial charge in [-0.1, -0.05) is 48.6 Å². The van der Waals surface area contributed by atoms with Crippen LogP contribution in [0.25, 0.3) is 0 Å². The molecule has 1 aromatic rings. The van der Waals surface area contributed by atoms with Crippen molar-refractivity contribution in [2.24, 2.45) is 4.99 Å². The van der Waals surface area contributed by atoms with Crippen LogP contribution in [0.1, 0.15) is 20.3 Å². The van der Waals surface area contributed by atoms with Crippen molar-refractivity contribution in [3.05, 3.63) is 78.1 Å². The van der Waals surface area contributed by atoms with Crippen LogP contribution in [0.3, 0.4) is 0 Å². The summed E-state index contributed by atoms with van der Waals surface area (Å²) in [7, 11) is 0. The van der Waals surface area contributed by atoms with Crippen molar-refractivity contribution < 1.29 is 0 Å². The molecule has 0 fully saturated rings. The summed E-state index contributed by atoms with van der Waals surface area (Å²) in [5, 5.41) is 8.61. The lowest BCUT2D eigenvalue weighted by atomic mass is 9.98. The molecule has 1 heterocycles. The normalized spacial score (nSPS) is 18.9. The third-order valence-corrected chi connectivity index (χ3v) is 3.93. The molecule has 1 atom stereocenters. The molecule has 1 N–H and O–H groups in total. The van der Waals surface area contributed by atoms with Gasteiger partial charge in [-0.15, -0.1) is 0 Å². The topological polar surface area (TPSA) is 39.5 Å². The van der Waals surface area contributed by atoms with E-state index in [1.807, 2.05) is 62.4 Å². The van der Waals surface area contributed by atoms with Crippen molar-refractivity contribution in [2.75, 3.05) is 11.4 Å². The Hall–Kier alpha value is -2.68. The zero-order valence-electron chi connectivity index (χ0n) is 14.4. The van der Waals surface area contributed by atoms with E-state index < -0.39 is 0 Å². The molecule has 0 bridgehead atoms. The van der Waals surface area contributed by atoms with Crippen LogP contribution in [0.15, 0.2) is 83.1 Å². The number of para-hydroxylation sites is 1. The second-order valence-electron chi connectivity index (χ2n) is 5.74. The monoisotopic (exact) mass is 319 g/mol. The Labute approximate surface area is 144 Å². The largest absolute Gasteiger partial charge is 0.357 e. The summed E-state index contributed by atoms with van der Waals surface area (Å²) in [6.45, 7) is 8.56. The van der Waals surface area contributed by atoms with E-state index in [-0.39, 0.29) is 6.04 Å². The maximum absolute atomic E-state index is 8.61. The molecule has 0 saturated heterocycles. The van der Waals surface area contributed by atoms with Crippen LogP contribution in [-0.2, 0) is 0 Å². The summed E-state index contributed by atoms with van der Waals surface area (Å²) in [5.41, 5.74) is 3.54. The molecular weight excluding hydrogens is 294 g/mol. The van der Waals surface area contributed by atoms with Gasteiger partial charge in [0.2, 0.25) is 0 Å². The number of aliphatic imine (C=N–C) groups is 1. The first-order chi connectivity index (χ1) is 11.7. The van der Waals surface area contributed by atoms with E-state index in [4.69, 9.17) is 5.41 Å². The van der Waals surface area contributed by atoms with Crippen LogP contribution in [0.2, 0.25) is 0 Å². The summed E-state index contributed by atoms with van der Waals surface area (Å²) >= 11 is 0. The van der Waals surface area contributed by atoms with E-state index in [2.05, 4.69) is 34.8 Å². The predicted molar refractivity (Wildman–Crippen MR) is 105 cm³/mol. The molecule has 124 valence electrons. The first-order valence-electron chi connectivity index (χ1n) is 8.22. The smallest absolute Gasteiger partial charge is 0.113 e. The van der Waals surface area contributed by atoms with Crippen LogP contribution < -0.4 is 4.90 Å². The highest BCUT2D eigenvalue weighted by molar-refractivity contribution is 6.02. The van der Waals surface area contributed by atoms with Crippen LogP contribution in [0, 0.1) is 5.41 Å². The highest BCUT2D eigenvalue weighted by Crippen LogP contribution is 2.27. The van der Waals surface area contributed by atoms with Gasteiger partial charge in [0.1, 0.15) is 6.04 Å². The fourth-order valence-corrected chi connectivity index (χ4v) is 2.82. The standard InChI is InChI=1S/C21H25N3/c1-4-5-7-11-17(2)16-19(22)21-20(23-3)14-10-15-24(21)18-12-8-6-9-13-18/h4-9,11-14,16,21-22H,3,10,15H2,1-2H3/b5-4-,11-7-,17-16+,22-19?. The third kappa shape index (κ3) is 4.42. The van der Waals surface area contributed by atoms with Gasteiger partial charge in [0.25, 0.3) is 0 Å². The zero-order chi connectivity index (χ0) is 17.4. The molecule has 0 spiro atoms. The van der Waals surface area contributed by atoms with E-state index in [1.165, 1.54) is 0 Å². The Kier molecular flexibility index (Phi) is 6.50.